The van der Waals surface area contributed by atoms with Gasteiger partial charge in [-0.3, -0.25) is 14.4 Å². The molecular formula is C41H48F2N8O4. The van der Waals surface area contributed by atoms with Gasteiger partial charge < -0.3 is 29.3 Å². The number of anilines is 2. The second kappa shape index (κ2) is 13.6. The fourth-order valence-electron chi connectivity index (χ4n) is 10.4. The minimum atomic E-state index is -0.871. The van der Waals surface area contributed by atoms with Crippen molar-refractivity contribution in [2.24, 2.45) is 0 Å². The Morgan fingerprint density at radius 3 is 2.87 bits per heavy atom. The first-order valence-corrected chi connectivity index (χ1v) is 20.1. The molecule has 4 atom stereocenters. The van der Waals surface area contributed by atoms with E-state index in [0.29, 0.717) is 83.0 Å². The average molecular weight is 755 g/mol. The maximum Gasteiger partial charge on any atom is 0.318 e. The predicted molar refractivity (Wildman–Crippen MR) is 202 cm³/mol. The van der Waals surface area contributed by atoms with Crippen LogP contribution in [0.3, 0.4) is 0 Å². The molecule has 4 fully saturated rings. The van der Waals surface area contributed by atoms with Gasteiger partial charge >= 0.3 is 6.01 Å². The van der Waals surface area contributed by atoms with Crippen LogP contribution >= 0.6 is 0 Å². The van der Waals surface area contributed by atoms with Gasteiger partial charge in [0.05, 0.1) is 48.8 Å². The Kier molecular flexibility index (Phi) is 8.61. The molecule has 0 spiro atoms. The predicted octanol–water partition coefficient (Wildman–Crippen LogP) is 5.17. The van der Waals surface area contributed by atoms with Gasteiger partial charge in [0.2, 0.25) is 0 Å². The Balaban J connectivity index is 0.991. The SMILES string of the molecule is CCc1c(F)ccc2cc(O)cc(N3CCc4c(nc(OC[C@@]56CCCN5C[C@H](F)C6)nc4N4CCCn5nc(C(=O)N6CCC7CC6CO7)cc5C4)C3)c12. The Morgan fingerprint density at radius 1 is 1.07 bits per heavy atom. The summed E-state index contributed by atoms with van der Waals surface area (Å²) in [7, 11) is 0. The molecule has 0 saturated carbocycles. The van der Waals surface area contributed by atoms with Gasteiger partial charge in [-0.15, -0.1) is 0 Å². The molecular weight excluding hydrogens is 706 g/mol. The standard InChI is InChI=1S/C41H48F2N8O4/c1-2-31-33(43)6-5-25-15-29(52)18-36(37(25)31)47-13-8-32-35(22-47)44-40(55-24-41-9-3-11-49(41)20-26(42)19-41)45-38(32)48-10-4-12-51-27(21-48)17-34(46-51)39(53)50-14-7-30-16-28(50)23-54-30/h5-6,15,17-18,26,28,30,52H,2-4,7-14,16,19-24H2,1H3/t26-,28?,30?,41+/m1/s1. The lowest BCUT2D eigenvalue weighted by molar-refractivity contribution is 0.0647. The number of alkyl halides is 1. The second-order valence-electron chi connectivity index (χ2n) is 16.4. The zero-order valence-corrected chi connectivity index (χ0v) is 31.4. The van der Waals surface area contributed by atoms with E-state index in [1.54, 1.807) is 18.2 Å². The number of halogens is 2. The molecule has 6 aliphatic rings. The maximum atomic E-state index is 15.2. The van der Waals surface area contributed by atoms with Crippen molar-refractivity contribution in [3.63, 3.8) is 0 Å². The van der Waals surface area contributed by atoms with E-state index < -0.39 is 6.17 Å². The van der Waals surface area contributed by atoms with E-state index >= 15 is 4.39 Å². The van der Waals surface area contributed by atoms with Crippen LogP contribution in [-0.2, 0) is 37.2 Å². The lowest BCUT2D eigenvalue weighted by Crippen LogP contribution is -2.44. The van der Waals surface area contributed by atoms with Crippen molar-refractivity contribution in [2.45, 2.75) is 102 Å². The second-order valence-corrected chi connectivity index (χ2v) is 16.4. The van der Waals surface area contributed by atoms with Crippen LogP contribution in [0.25, 0.3) is 10.8 Å². The third-order valence-electron chi connectivity index (χ3n) is 13.1. The molecule has 12 nitrogen and oxygen atoms in total. The number of hydrogen-bond acceptors (Lipinski definition) is 10. The van der Waals surface area contributed by atoms with Gasteiger partial charge in [0.25, 0.3) is 5.91 Å². The number of phenols is 1. The summed E-state index contributed by atoms with van der Waals surface area (Å²) in [4.78, 5) is 32.5. The highest BCUT2D eigenvalue weighted by Crippen LogP contribution is 2.42. The van der Waals surface area contributed by atoms with E-state index in [1.165, 1.54) is 6.07 Å². The topological polar surface area (TPSA) is 112 Å². The van der Waals surface area contributed by atoms with Crippen LogP contribution in [0.15, 0.2) is 30.3 Å². The summed E-state index contributed by atoms with van der Waals surface area (Å²) in [5, 5.41) is 17.2. The molecule has 290 valence electrons. The number of piperidine rings is 1. The first kappa shape index (κ1) is 34.9. The number of benzene rings is 2. The zero-order valence-electron chi connectivity index (χ0n) is 31.4. The van der Waals surface area contributed by atoms with Crippen molar-refractivity contribution < 1.29 is 28.2 Å². The van der Waals surface area contributed by atoms with Crippen LogP contribution in [0.1, 0.15) is 78.5 Å². The van der Waals surface area contributed by atoms with Crippen LogP contribution < -0.4 is 14.5 Å². The van der Waals surface area contributed by atoms with E-state index in [1.807, 2.05) is 22.6 Å². The maximum absolute atomic E-state index is 15.2. The molecule has 14 heteroatoms. The Hall–Kier alpha value is -4.56. The molecule has 4 aromatic rings. The number of aromatic nitrogens is 4. The van der Waals surface area contributed by atoms with Crippen molar-refractivity contribution >= 4 is 28.2 Å². The first-order chi connectivity index (χ1) is 26.7. The van der Waals surface area contributed by atoms with Crippen molar-refractivity contribution in [1.82, 2.24) is 29.5 Å². The minimum absolute atomic E-state index is 0.0374. The lowest BCUT2D eigenvalue weighted by Gasteiger charge is -2.35. The summed E-state index contributed by atoms with van der Waals surface area (Å²) in [6, 6.07) is 8.91. The van der Waals surface area contributed by atoms with Gasteiger partial charge in [-0.25, -0.2) is 8.78 Å². The van der Waals surface area contributed by atoms with E-state index in [-0.39, 0.29) is 41.2 Å². The number of hydrogen-bond donors (Lipinski definition) is 1. The smallest absolute Gasteiger partial charge is 0.318 e. The number of ether oxygens (including phenoxy) is 2. The van der Waals surface area contributed by atoms with Gasteiger partial charge in [-0.1, -0.05) is 13.0 Å². The van der Waals surface area contributed by atoms with Crippen molar-refractivity contribution in [3.8, 4) is 11.8 Å². The molecule has 0 radical (unpaired) electrons. The highest BCUT2D eigenvalue weighted by atomic mass is 19.1. The lowest BCUT2D eigenvalue weighted by atomic mass is 9.95. The molecule has 2 bridgehead atoms. The molecule has 2 aromatic carbocycles. The molecule has 4 saturated heterocycles. The van der Waals surface area contributed by atoms with Crippen molar-refractivity contribution in [1.29, 1.82) is 0 Å². The molecule has 0 aliphatic carbocycles. The third kappa shape index (κ3) is 6.07. The van der Waals surface area contributed by atoms with E-state index in [4.69, 9.17) is 24.5 Å². The summed E-state index contributed by atoms with van der Waals surface area (Å²) >= 11 is 0. The molecule has 6 aliphatic heterocycles. The highest BCUT2D eigenvalue weighted by molar-refractivity contribution is 5.98. The van der Waals surface area contributed by atoms with Gasteiger partial charge in [-0.05, 0) is 80.6 Å². The number of nitrogens with zero attached hydrogens (tertiary/aromatic N) is 8. The minimum Gasteiger partial charge on any atom is -0.508 e. The van der Waals surface area contributed by atoms with Crippen LogP contribution in [0.5, 0.6) is 11.8 Å². The monoisotopic (exact) mass is 754 g/mol. The molecule has 55 heavy (non-hydrogen) atoms. The Morgan fingerprint density at radius 2 is 1.98 bits per heavy atom. The molecule has 2 aromatic heterocycles. The quantitative estimate of drug-likeness (QED) is 0.272. The molecule has 2 unspecified atom stereocenters. The van der Waals surface area contributed by atoms with Gasteiger partial charge in [-0.2, -0.15) is 15.1 Å². The number of fused-ring (bicyclic) bond motifs is 6. The molecule has 1 amide bonds. The normalized spacial score (nSPS) is 26.3. The van der Waals surface area contributed by atoms with Crippen LogP contribution in [0.2, 0.25) is 0 Å². The van der Waals surface area contributed by atoms with Crippen LogP contribution in [-0.4, -0.2) is 110 Å². The molecule has 1 N–H and O–H groups in total. The Labute approximate surface area is 319 Å². The fraction of sp³-hybridized carbons (Fsp3) is 0.561. The summed E-state index contributed by atoms with van der Waals surface area (Å²) in [5.74, 6) is 0.621. The molecule has 8 heterocycles. The number of rotatable bonds is 7. The number of phenolic OH excluding ortho intramolecular Hbond substituents is 1. The number of aryl methyl sites for hydroxylation is 2. The highest BCUT2D eigenvalue weighted by Gasteiger charge is 2.49. The van der Waals surface area contributed by atoms with E-state index in [2.05, 4.69) is 14.7 Å². The van der Waals surface area contributed by atoms with E-state index in [0.717, 1.165) is 84.4 Å². The summed E-state index contributed by atoms with van der Waals surface area (Å²) in [6.07, 6.45) is 5.41. The third-order valence-corrected chi connectivity index (χ3v) is 13.1. The van der Waals surface area contributed by atoms with E-state index in [9.17, 15) is 14.3 Å². The summed E-state index contributed by atoms with van der Waals surface area (Å²) in [5.41, 5.74) is 4.28. The number of aromatic hydroxyl groups is 1. The number of carbonyl (C=O) groups is 1. The van der Waals surface area contributed by atoms with Crippen LogP contribution in [0, 0.1) is 5.82 Å². The summed E-state index contributed by atoms with van der Waals surface area (Å²) < 4.78 is 44.2. The van der Waals surface area contributed by atoms with Gasteiger partial charge in [0.15, 0.2) is 5.69 Å². The van der Waals surface area contributed by atoms with Gasteiger partial charge in [0.1, 0.15) is 30.2 Å². The number of carbonyl (C=O) groups excluding carboxylic acids is 1. The largest absolute Gasteiger partial charge is 0.508 e. The number of likely N-dealkylation sites (tertiary alicyclic amines) is 1. The number of amides is 1. The van der Waals surface area contributed by atoms with Crippen LogP contribution in [0.4, 0.5) is 20.3 Å². The van der Waals surface area contributed by atoms with Crippen molar-refractivity contribution in [3.05, 3.63) is 64.4 Å². The van der Waals surface area contributed by atoms with Crippen molar-refractivity contribution in [2.75, 3.05) is 55.7 Å². The average Bonchev–Trinajstić information content (AvgIpc) is 3.92. The first-order valence-electron chi connectivity index (χ1n) is 20.1. The zero-order chi connectivity index (χ0) is 37.4. The molecule has 10 rings (SSSR count). The van der Waals surface area contributed by atoms with Gasteiger partial charge in [0, 0.05) is 61.8 Å². The fourth-order valence-corrected chi connectivity index (χ4v) is 10.4. The Bertz CT molecular complexity index is 2160. The summed E-state index contributed by atoms with van der Waals surface area (Å²) in [6.45, 7) is 7.79.